The van der Waals surface area contributed by atoms with Crippen molar-refractivity contribution in [1.82, 2.24) is 10.4 Å². The summed E-state index contributed by atoms with van der Waals surface area (Å²) in [5, 5.41) is 0.623. The van der Waals surface area contributed by atoms with Gasteiger partial charge >= 0.3 is 0 Å². The van der Waals surface area contributed by atoms with Crippen molar-refractivity contribution in [2.24, 2.45) is 5.73 Å². The molecule has 0 rings (SSSR count). The van der Waals surface area contributed by atoms with Crippen LogP contribution in [0.15, 0.2) is 0 Å². The van der Waals surface area contributed by atoms with Crippen LogP contribution < -0.4 is 11.2 Å². The molecular weight excluding hydrogens is 166 g/mol. The second kappa shape index (κ2) is 3.87. The Morgan fingerprint density at radius 2 is 1.73 bits per heavy atom. The van der Waals surface area contributed by atoms with Crippen molar-refractivity contribution in [2.45, 2.75) is 13.8 Å². The maximum Gasteiger partial charge on any atom is 0.245 e. The number of carbonyl (C=O) groups excluding carboxylic acids is 2. The number of thiocarbonyl (C=S) groups is 1. The third kappa shape index (κ3) is 3.51. The zero-order valence-corrected chi connectivity index (χ0v) is 7.07. The van der Waals surface area contributed by atoms with Crippen LogP contribution in [0, 0.1) is 0 Å². The number of carbonyl (C=O) groups is 2. The van der Waals surface area contributed by atoms with Gasteiger partial charge in [-0.25, -0.2) is 0 Å². The number of rotatable bonds is 0. The first kappa shape index (κ1) is 9.83. The Morgan fingerprint density at radius 3 is 1.82 bits per heavy atom. The molecule has 0 aliphatic rings. The zero-order chi connectivity index (χ0) is 9.02. The van der Waals surface area contributed by atoms with Gasteiger partial charge in [0.05, 0.1) is 0 Å². The number of amides is 2. The lowest BCUT2D eigenvalue weighted by atomic mass is 10.6. The van der Waals surface area contributed by atoms with E-state index < -0.39 is 11.8 Å². The van der Waals surface area contributed by atoms with Crippen LogP contribution in [0.25, 0.3) is 0 Å². The first-order valence-electron chi connectivity index (χ1n) is 2.82. The fourth-order valence-corrected chi connectivity index (χ4v) is 0.581. The van der Waals surface area contributed by atoms with E-state index in [1.165, 1.54) is 13.8 Å². The van der Waals surface area contributed by atoms with Crippen molar-refractivity contribution < 1.29 is 9.59 Å². The molecule has 11 heavy (non-hydrogen) atoms. The molecular formula is C5H9N3O2S. The molecule has 0 atom stereocenters. The molecule has 0 fully saturated rings. The van der Waals surface area contributed by atoms with E-state index in [9.17, 15) is 9.59 Å². The maximum atomic E-state index is 10.6. The third-order valence-electron chi connectivity index (χ3n) is 0.852. The average Bonchev–Trinajstić information content (AvgIpc) is 1.81. The van der Waals surface area contributed by atoms with Crippen molar-refractivity contribution in [1.29, 1.82) is 0 Å². The number of nitrogens with one attached hydrogen (secondary N) is 1. The van der Waals surface area contributed by atoms with E-state index in [4.69, 9.17) is 5.73 Å². The molecule has 0 saturated heterocycles. The van der Waals surface area contributed by atoms with Gasteiger partial charge in [0.1, 0.15) is 0 Å². The maximum absolute atomic E-state index is 10.6. The minimum absolute atomic E-state index is 0.115. The van der Waals surface area contributed by atoms with E-state index in [-0.39, 0.29) is 5.11 Å². The number of hydrazine groups is 1. The van der Waals surface area contributed by atoms with Crippen LogP contribution in [0.3, 0.4) is 0 Å². The molecule has 0 aromatic rings. The van der Waals surface area contributed by atoms with E-state index in [1.54, 1.807) is 0 Å². The SMILES string of the molecule is CC(=O)N(NC(N)=S)C(C)=O. The fourth-order valence-electron chi connectivity index (χ4n) is 0.489. The van der Waals surface area contributed by atoms with Crippen molar-refractivity contribution in [3.05, 3.63) is 0 Å². The minimum atomic E-state index is -0.453. The molecule has 0 bridgehead atoms. The van der Waals surface area contributed by atoms with Gasteiger partial charge in [0, 0.05) is 13.8 Å². The summed E-state index contributed by atoms with van der Waals surface area (Å²) in [5.74, 6) is -0.907. The van der Waals surface area contributed by atoms with Crippen LogP contribution in [0.2, 0.25) is 0 Å². The van der Waals surface area contributed by atoms with Crippen LogP contribution in [-0.2, 0) is 9.59 Å². The third-order valence-corrected chi connectivity index (χ3v) is 0.943. The van der Waals surface area contributed by atoms with Gasteiger partial charge in [-0.2, -0.15) is 5.01 Å². The Morgan fingerprint density at radius 1 is 1.36 bits per heavy atom. The monoisotopic (exact) mass is 175 g/mol. The Kier molecular flexibility index (Phi) is 3.46. The van der Waals surface area contributed by atoms with E-state index in [1.807, 2.05) is 0 Å². The van der Waals surface area contributed by atoms with E-state index in [2.05, 4.69) is 17.6 Å². The summed E-state index contributed by atoms with van der Waals surface area (Å²) in [6.45, 7) is 2.46. The summed E-state index contributed by atoms with van der Waals surface area (Å²) >= 11 is 4.43. The second-order valence-corrected chi connectivity index (χ2v) is 2.29. The molecule has 0 heterocycles. The molecule has 0 unspecified atom stereocenters. The largest absolute Gasteiger partial charge is 0.375 e. The molecule has 62 valence electrons. The summed E-state index contributed by atoms with van der Waals surface area (Å²) in [6.07, 6.45) is 0. The van der Waals surface area contributed by atoms with Crippen LogP contribution in [0.1, 0.15) is 13.8 Å². The molecule has 5 nitrogen and oxygen atoms in total. The average molecular weight is 175 g/mol. The van der Waals surface area contributed by atoms with Gasteiger partial charge in [0.25, 0.3) is 0 Å². The predicted octanol–water partition coefficient (Wildman–Crippen LogP) is -0.870. The highest BCUT2D eigenvalue weighted by atomic mass is 32.1. The molecule has 0 saturated carbocycles. The second-order valence-electron chi connectivity index (χ2n) is 1.85. The number of hydrogen-bond donors (Lipinski definition) is 2. The van der Waals surface area contributed by atoms with Crippen LogP contribution >= 0.6 is 12.2 Å². The lowest BCUT2D eigenvalue weighted by Crippen LogP contribution is -2.49. The molecule has 6 heteroatoms. The Bertz CT molecular complexity index is 190. The molecule has 0 aliphatic carbocycles. The lowest BCUT2D eigenvalue weighted by molar-refractivity contribution is -0.144. The first-order chi connectivity index (χ1) is 4.95. The number of hydrogen-bond acceptors (Lipinski definition) is 3. The number of nitrogens with two attached hydrogens (primary N) is 1. The van der Waals surface area contributed by atoms with Crippen molar-refractivity contribution in [2.75, 3.05) is 0 Å². The highest BCUT2D eigenvalue weighted by Gasteiger charge is 2.12. The molecule has 0 aliphatic heterocycles. The first-order valence-corrected chi connectivity index (χ1v) is 3.23. The van der Waals surface area contributed by atoms with Crippen molar-refractivity contribution in [3.63, 3.8) is 0 Å². The summed E-state index contributed by atoms with van der Waals surface area (Å²) < 4.78 is 0. The highest BCUT2D eigenvalue weighted by molar-refractivity contribution is 7.80. The lowest BCUT2D eigenvalue weighted by Gasteiger charge is -2.17. The van der Waals surface area contributed by atoms with Gasteiger partial charge in [-0.05, 0) is 12.2 Å². The molecule has 0 aromatic carbocycles. The molecule has 0 radical (unpaired) electrons. The van der Waals surface area contributed by atoms with Gasteiger partial charge in [0.15, 0.2) is 5.11 Å². The van der Waals surface area contributed by atoms with Crippen molar-refractivity contribution >= 4 is 29.1 Å². The summed E-state index contributed by atoms with van der Waals surface area (Å²) in [6, 6.07) is 0. The van der Waals surface area contributed by atoms with E-state index in [0.717, 1.165) is 5.01 Å². The van der Waals surface area contributed by atoms with Gasteiger partial charge in [-0.3, -0.25) is 15.0 Å². The van der Waals surface area contributed by atoms with Gasteiger partial charge in [-0.1, -0.05) is 0 Å². The van der Waals surface area contributed by atoms with Crippen LogP contribution in [-0.4, -0.2) is 21.9 Å². The fraction of sp³-hybridized carbons (Fsp3) is 0.400. The standard InChI is InChI=1S/C5H9N3O2S/c1-3(9)8(4(2)10)7-5(6)11/h1-2H3,(H3,6,7,11). The molecule has 3 N–H and O–H groups in total. The Labute approximate surface area is 69.5 Å². The van der Waals surface area contributed by atoms with E-state index in [0.29, 0.717) is 0 Å². The predicted molar refractivity (Wildman–Crippen MR) is 43.1 cm³/mol. The van der Waals surface area contributed by atoms with Crippen LogP contribution in [0.5, 0.6) is 0 Å². The molecule has 2 amide bonds. The summed E-state index contributed by atoms with van der Waals surface area (Å²) in [4.78, 5) is 21.3. The number of imide groups is 1. The van der Waals surface area contributed by atoms with Gasteiger partial charge < -0.3 is 5.73 Å². The van der Waals surface area contributed by atoms with Gasteiger partial charge in [-0.15, -0.1) is 0 Å². The normalized spacial score (nSPS) is 8.55. The Hall–Kier alpha value is -1.17. The quantitative estimate of drug-likeness (QED) is 0.370. The molecule has 0 aromatic heterocycles. The van der Waals surface area contributed by atoms with Crippen LogP contribution in [0.4, 0.5) is 0 Å². The topological polar surface area (TPSA) is 75.4 Å². The minimum Gasteiger partial charge on any atom is -0.375 e. The Balaban J connectivity index is 4.23. The smallest absolute Gasteiger partial charge is 0.245 e. The summed E-state index contributed by atoms with van der Waals surface area (Å²) in [7, 11) is 0. The van der Waals surface area contributed by atoms with Crippen molar-refractivity contribution in [3.8, 4) is 0 Å². The van der Waals surface area contributed by atoms with E-state index >= 15 is 0 Å². The highest BCUT2D eigenvalue weighted by Crippen LogP contribution is 1.83. The van der Waals surface area contributed by atoms with Gasteiger partial charge in [0.2, 0.25) is 11.8 Å². The zero-order valence-electron chi connectivity index (χ0n) is 6.25. The molecule has 0 spiro atoms. The summed E-state index contributed by atoms with van der Waals surface area (Å²) in [5.41, 5.74) is 7.27. The number of nitrogens with zero attached hydrogens (tertiary/aromatic N) is 1.